The summed E-state index contributed by atoms with van der Waals surface area (Å²) in [6, 6.07) is 11.1. The lowest BCUT2D eigenvalue weighted by molar-refractivity contribution is 0.482. The second-order valence-corrected chi connectivity index (χ2v) is 8.85. The van der Waals surface area contributed by atoms with Crippen LogP contribution < -0.4 is 0 Å². The molecule has 1 N–H and O–H groups in total. The number of pyridine rings is 1. The molecule has 1 aliphatic carbocycles. The topological polar surface area (TPSA) is 72.3 Å². The van der Waals surface area contributed by atoms with Gasteiger partial charge in [-0.15, -0.1) is 0 Å². The molecule has 0 radical (unpaired) electrons. The fourth-order valence-corrected chi connectivity index (χ4v) is 4.61. The Morgan fingerprint density at radius 3 is 2.81 bits per heavy atom. The summed E-state index contributed by atoms with van der Waals surface area (Å²) in [5.41, 5.74) is 8.93. The summed E-state index contributed by atoms with van der Waals surface area (Å²) < 4.78 is 2.21. The average molecular weight is 413 g/mol. The van der Waals surface area contributed by atoms with E-state index < -0.39 is 0 Å². The van der Waals surface area contributed by atoms with Crippen molar-refractivity contribution in [1.82, 2.24) is 29.9 Å². The highest BCUT2D eigenvalue weighted by Crippen LogP contribution is 2.35. The van der Waals surface area contributed by atoms with Crippen molar-refractivity contribution >= 4 is 0 Å². The highest BCUT2D eigenvalue weighted by Gasteiger charge is 2.21. The lowest BCUT2D eigenvalue weighted by Crippen LogP contribution is -2.15. The van der Waals surface area contributed by atoms with Gasteiger partial charge in [-0.3, -0.25) is 4.98 Å². The predicted octanol–water partition coefficient (Wildman–Crippen LogP) is 5.28. The summed E-state index contributed by atoms with van der Waals surface area (Å²) in [5, 5.41) is 11.1. The van der Waals surface area contributed by atoms with Crippen LogP contribution in [0, 0.1) is 6.92 Å². The maximum absolute atomic E-state index is 4.65. The van der Waals surface area contributed by atoms with E-state index in [1.807, 2.05) is 31.6 Å². The minimum Gasteiger partial charge on any atom is -0.336 e. The van der Waals surface area contributed by atoms with Gasteiger partial charge in [-0.1, -0.05) is 32.0 Å². The molecule has 1 atom stereocenters. The Hall–Kier alpha value is -3.28. The summed E-state index contributed by atoms with van der Waals surface area (Å²) in [7, 11) is 0. The number of hydrogen-bond donors (Lipinski definition) is 1. The molecule has 31 heavy (non-hydrogen) atoms. The van der Waals surface area contributed by atoms with Gasteiger partial charge >= 0.3 is 0 Å². The van der Waals surface area contributed by atoms with Crippen LogP contribution >= 0.6 is 0 Å². The second-order valence-electron chi connectivity index (χ2n) is 8.85. The van der Waals surface area contributed by atoms with Gasteiger partial charge in [-0.25, -0.2) is 4.98 Å². The van der Waals surface area contributed by atoms with Gasteiger partial charge < -0.3 is 4.57 Å². The molecular formula is C25H28N6. The number of nitrogens with zero attached hydrogens (tertiary/aromatic N) is 5. The molecule has 6 nitrogen and oxygen atoms in total. The molecule has 5 rings (SSSR count). The zero-order valence-corrected chi connectivity index (χ0v) is 18.3. The number of benzene rings is 1. The fourth-order valence-electron chi connectivity index (χ4n) is 4.61. The van der Waals surface area contributed by atoms with Crippen molar-refractivity contribution < 1.29 is 0 Å². The van der Waals surface area contributed by atoms with Crippen LogP contribution in [-0.4, -0.2) is 29.9 Å². The number of aryl methyl sites for hydroxylation is 2. The SMILES string of the molecule is Cc1n[nH]nc1-c1ccnc(-c2cn(C[C@H]3CCCc4cc(C(C)C)ccc43)cn2)c1. The predicted molar refractivity (Wildman–Crippen MR) is 122 cm³/mol. The lowest BCUT2D eigenvalue weighted by Gasteiger charge is -2.27. The summed E-state index contributed by atoms with van der Waals surface area (Å²) in [6.07, 6.45) is 9.52. The highest BCUT2D eigenvalue weighted by atomic mass is 15.3. The van der Waals surface area contributed by atoms with E-state index in [2.05, 4.69) is 68.2 Å². The van der Waals surface area contributed by atoms with Crippen molar-refractivity contribution in [3.63, 3.8) is 0 Å². The van der Waals surface area contributed by atoms with Gasteiger partial charge in [0.15, 0.2) is 0 Å². The molecule has 0 saturated carbocycles. The minimum absolute atomic E-state index is 0.532. The molecule has 0 aliphatic heterocycles. The zero-order chi connectivity index (χ0) is 21.4. The van der Waals surface area contributed by atoms with Crippen molar-refractivity contribution in [2.24, 2.45) is 0 Å². The molecule has 0 amide bonds. The van der Waals surface area contributed by atoms with Gasteiger partial charge in [0, 0.05) is 30.4 Å². The van der Waals surface area contributed by atoms with Gasteiger partial charge in [0.2, 0.25) is 0 Å². The van der Waals surface area contributed by atoms with Crippen molar-refractivity contribution in [1.29, 1.82) is 0 Å². The van der Waals surface area contributed by atoms with Gasteiger partial charge in [-0.05, 0) is 60.9 Å². The molecule has 0 saturated heterocycles. The lowest BCUT2D eigenvalue weighted by atomic mass is 9.81. The third-order valence-electron chi connectivity index (χ3n) is 6.35. The number of rotatable bonds is 5. The van der Waals surface area contributed by atoms with Crippen molar-refractivity contribution in [3.05, 3.63) is 71.4 Å². The standard InChI is InChI=1S/C25H28N6/c1-16(2)18-7-8-22-19(11-18)5-4-6-21(22)13-31-14-24(27-15-31)23-12-20(9-10-26-23)25-17(3)28-30-29-25/h7-12,14-16,21H,4-6,13H2,1-3H3,(H,28,29,30)/t21-/m1/s1. The maximum Gasteiger partial charge on any atom is 0.115 e. The Morgan fingerprint density at radius 2 is 2.00 bits per heavy atom. The van der Waals surface area contributed by atoms with Gasteiger partial charge in [0.05, 0.1) is 17.7 Å². The molecule has 0 spiro atoms. The van der Waals surface area contributed by atoms with Gasteiger partial charge in [0.25, 0.3) is 0 Å². The van der Waals surface area contributed by atoms with E-state index in [-0.39, 0.29) is 0 Å². The average Bonchev–Trinajstić information content (AvgIpc) is 3.43. The Morgan fingerprint density at radius 1 is 1.10 bits per heavy atom. The van der Waals surface area contributed by atoms with Crippen molar-refractivity contribution in [3.8, 4) is 22.6 Å². The molecule has 158 valence electrons. The highest BCUT2D eigenvalue weighted by molar-refractivity contribution is 5.67. The number of nitrogens with one attached hydrogen (secondary N) is 1. The third kappa shape index (κ3) is 3.90. The van der Waals surface area contributed by atoms with Crippen LogP contribution in [0.25, 0.3) is 22.6 Å². The van der Waals surface area contributed by atoms with Gasteiger partial charge in [0.1, 0.15) is 11.4 Å². The van der Waals surface area contributed by atoms with Crippen LogP contribution in [0.5, 0.6) is 0 Å². The van der Waals surface area contributed by atoms with E-state index in [9.17, 15) is 0 Å². The number of aromatic amines is 1. The Bertz CT molecular complexity index is 1200. The molecule has 4 aromatic rings. The second kappa shape index (κ2) is 8.10. The van der Waals surface area contributed by atoms with E-state index >= 15 is 0 Å². The molecular weight excluding hydrogens is 384 g/mol. The number of fused-ring (bicyclic) bond motifs is 1. The van der Waals surface area contributed by atoms with Crippen LogP contribution in [0.4, 0.5) is 0 Å². The minimum atomic E-state index is 0.532. The van der Waals surface area contributed by atoms with E-state index in [0.29, 0.717) is 11.8 Å². The van der Waals surface area contributed by atoms with Crippen LogP contribution in [0.15, 0.2) is 49.1 Å². The molecule has 0 unspecified atom stereocenters. The van der Waals surface area contributed by atoms with Crippen LogP contribution in [0.1, 0.15) is 60.9 Å². The molecule has 6 heteroatoms. The monoisotopic (exact) mass is 412 g/mol. The third-order valence-corrected chi connectivity index (χ3v) is 6.35. The number of hydrogen-bond acceptors (Lipinski definition) is 4. The normalized spacial score (nSPS) is 15.9. The largest absolute Gasteiger partial charge is 0.336 e. The first-order valence-electron chi connectivity index (χ1n) is 11.1. The summed E-state index contributed by atoms with van der Waals surface area (Å²) >= 11 is 0. The summed E-state index contributed by atoms with van der Waals surface area (Å²) in [6.45, 7) is 7.42. The summed E-state index contributed by atoms with van der Waals surface area (Å²) in [4.78, 5) is 9.18. The van der Waals surface area contributed by atoms with E-state index in [1.54, 1.807) is 0 Å². The molecule has 3 aromatic heterocycles. The summed E-state index contributed by atoms with van der Waals surface area (Å²) in [5.74, 6) is 1.11. The van der Waals surface area contributed by atoms with Crippen LogP contribution in [-0.2, 0) is 13.0 Å². The molecule has 1 aliphatic rings. The van der Waals surface area contributed by atoms with E-state index in [4.69, 9.17) is 0 Å². The van der Waals surface area contributed by atoms with Crippen LogP contribution in [0.2, 0.25) is 0 Å². The smallest absolute Gasteiger partial charge is 0.115 e. The molecule has 1 aromatic carbocycles. The number of H-pyrrole nitrogens is 1. The Kier molecular flexibility index (Phi) is 5.14. The molecule has 0 bridgehead atoms. The van der Waals surface area contributed by atoms with E-state index in [1.165, 1.54) is 36.0 Å². The van der Waals surface area contributed by atoms with E-state index in [0.717, 1.165) is 34.9 Å². The number of aromatic nitrogens is 6. The van der Waals surface area contributed by atoms with Crippen molar-refractivity contribution in [2.45, 2.75) is 58.4 Å². The van der Waals surface area contributed by atoms with Gasteiger partial charge in [-0.2, -0.15) is 15.4 Å². The quantitative estimate of drug-likeness (QED) is 0.484. The molecule has 0 fully saturated rings. The molecule has 3 heterocycles. The first kappa shape index (κ1) is 19.7. The van der Waals surface area contributed by atoms with Crippen molar-refractivity contribution in [2.75, 3.05) is 0 Å². The Labute approximate surface area is 182 Å². The first-order chi connectivity index (χ1) is 15.1. The fraction of sp³-hybridized carbons (Fsp3) is 0.360. The maximum atomic E-state index is 4.65. The number of imidazole rings is 1. The zero-order valence-electron chi connectivity index (χ0n) is 18.3. The Balaban J connectivity index is 1.38. The van der Waals surface area contributed by atoms with Crippen LogP contribution in [0.3, 0.4) is 0 Å². The first-order valence-corrected chi connectivity index (χ1v) is 11.1.